The van der Waals surface area contributed by atoms with Crippen LogP contribution in [0.1, 0.15) is 27.0 Å². The highest BCUT2D eigenvalue weighted by Gasteiger charge is 2.09. The summed E-state index contributed by atoms with van der Waals surface area (Å²) < 4.78 is 11.2. The number of fused-ring (bicyclic) bond motifs is 1. The van der Waals surface area contributed by atoms with Gasteiger partial charge in [0, 0.05) is 0 Å². The van der Waals surface area contributed by atoms with E-state index in [0.717, 1.165) is 21.9 Å². The fraction of sp³-hybridized carbons (Fsp3) is 0.107. The summed E-state index contributed by atoms with van der Waals surface area (Å²) in [4.78, 5) is 23.5. The van der Waals surface area contributed by atoms with Gasteiger partial charge in [0.1, 0.15) is 6.61 Å². The first kappa shape index (κ1) is 23.5. The average molecular weight is 469 g/mol. The number of carbonyl (C=O) groups is 2. The topological polar surface area (TPSA) is 97.2 Å². The molecule has 0 spiro atoms. The molecule has 4 aromatic rings. The molecule has 176 valence electrons. The molecule has 0 aliphatic heterocycles. The predicted octanol–water partition coefficient (Wildman–Crippen LogP) is 4.82. The molecule has 35 heavy (non-hydrogen) atoms. The van der Waals surface area contributed by atoms with Crippen LogP contribution >= 0.6 is 0 Å². The van der Waals surface area contributed by atoms with Gasteiger partial charge in [0.25, 0.3) is 0 Å². The number of ether oxygens (including phenoxy) is 2. The number of nitrogens with one attached hydrogen (secondary N) is 1. The minimum atomic E-state index is -0.989. The number of amides is 1. The average Bonchev–Trinajstić information content (AvgIpc) is 2.88. The molecule has 7 nitrogen and oxygen atoms in total. The Kier molecular flexibility index (Phi) is 7.37. The number of aromatic carboxylic acids is 1. The van der Waals surface area contributed by atoms with E-state index in [1.807, 2.05) is 42.5 Å². The van der Waals surface area contributed by atoms with Gasteiger partial charge in [-0.05, 0) is 57.8 Å². The summed E-state index contributed by atoms with van der Waals surface area (Å²) in [5.74, 6) is -0.207. The summed E-state index contributed by atoms with van der Waals surface area (Å²) in [6.45, 7) is 0.190. The van der Waals surface area contributed by atoms with E-state index in [-0.39, 0.29) is 24.5 Å². The quantitative estimate of drug-likeness (QED) is 0.271. The minimum absolute atomic E-state index is 0.190. The Labute approximate surface area is 202 Å². The first-order valence-electron chi connectivity index (χ1n) is 10.9. The predicted molar refractivity (Wildman–Crippen MR) is 134 cm³/mol. The highest BCUT2D eigenvalue weighted by molar-refractivity contribution is 5.91. The molecule has 0 saturated carbocycles. The van der Waals surface area contributed by atoms with Gasteiger partial charge in [-0.1, -0.05) is 54.6 Å². The molecule has 0 saturated heterocycles. The second-order valence-electron chi connectivity index (χ2n) is 7.81. The molecule has 0 fully saturated rings. The molecule has 4 rings (SSSR count). The summed E-state index contributed by atoms with van der Waals surface area (Å²) in [7, 11) is 1.53. The third-order valence-electron chi connectivity index (χ3n) is 5.39. The first-order valence-corrected chi connectivity index (χ1v) is 10.9. The van der Waals surface area contributed by atoms with Crippen LogP contribution in [0.2, 0.25) is 0 Å². The van der Waals surface area contributed by atoms with Gasteiger partial charge in [-0.2, -0.15) is 5.10 Å². The molecule has 0 bridgehead atoms. The van der Waals surface area contributed by atoms with E-state index in [0.29, 0.717) is 17.1 Å². The molecule has 0 atom stereocenters. The van der Waals surface area contributed by atoms with E-state index < -0.39 is 5.97 Å². The number of hydrogen-bond acceptors (Lipinski definition) is 5. The molecular formula is C28H24N2O5. The summed E-state index contributed by atoms with van der Waals surface area (Å²) >= 11 is 0. The van der Waals surface area contributed by atoms with Gasteiger partial charge in [-0.15, -0.1) is 0 Å². The number of hydrazone groups is 1. The maximum atomic E-state index is 12.4. The SMILES string of the molecule is COc1cc(/C=N\NC(=O)Cc2cccc3ccccc23)ccc1OCc1cccc(C(=O)O)c1. The minimum Gasteiger partial charge on any atom is -0.493 e. The van der Waals surface area contributed by atoms with Gasteiger partial charge < -0.3 is 14.6 Å². The molecular weight excluding hydrogens is 444 g/mol. The largest absolute Gasteiger partial charge is 0.493 e. The third-order valence-corrected chi connectivity index (χ3v) is 5.39. The molecule has 0 unspecified atom stereocenters. The summed E-state index contributed by atoms with van der Waals surface area (Å²) in [6, 6.07) is 25.7. The van der Waals surface area contributed by atoms with Crippen molar-refractivity contribution >= 4 is 28.9 Å². The zero-order valence-corrected chi connectivity index (χ0v) is 19.1. The first-order chi connectivity index (χ1) is 17.0. The van der Waals surface area contributed by atoms with Crippen molar-refractivity contribution in [1.29, 1.82) is 0 Å². The lowest BCUT2D eigenvalue weighted by atomic mass is 10.0. The normalized spacial score (nSPS) is 10.9. The molecule has 4 aromatic carbocycles. The fourth-order valence-electron chi connectivity index (χ4n) is 3.68. The summed E-state index contributed by atoms with van der Waals surface area (Å²) in [6.07, 6.45) is 1.75. The summed E-state index contributed by atoms with van der Waals surface area (Å²) in [5, 5.41) is 15.3. The van der Waals surface area contributed by atoms with Crippen LogP contribution < -0.4 is 14.9 Å². The number of carbonyl (C=O) groups excluding carboxylic acids is 1. The number of benzene rings is 4. The highest BCUT2D eigenvalue weighted by Crippen LogP contribution is 2.28. The van der Waals surface area contributed by atoms with Crippen LogP contribution in [0.5, 0.6) is 11.5 Å². The lowest BCUT2D eigenvalue weighted by Crippen LogP contribution is -2.19. The van der Waals surface area contributed by atoms with Gasteiger partial charge in [0.15, 0.2) is 11.5 Å². The van der Waals surface area contributed by atoms with Crippen molar-refractivity contribution in [3.63, 3.8) is 0 Å². The summed E-state index contributed by atoms with van der Waals surface area (Å²) in [5.41, 5.74) is 5.15. The Morgan fingerprint density at radius 2 is 1.74 bits per heavy atom. The molecule has 0 aliphatic rings. The Balaban J connectivity index is 1.37. The van der Waals surface area contributed by atoms with Gasteiger partial charge in [-0.25, -0.2) is 10.2 Å². The van der Waals surface area contributed by atoms with Crippen molar-refractivity contribution in [3.05, 3.63) is 107 Å². The zero-order chi connectivity index (χ0) is 24.6. The van der Waals surface area contributed by atoms with E-state index in [1.54, 1.807) is 36.4 Å². The van der Waals surface area contributed by atoms with Crippen molar-refractivity contribution in [2.24, 2.45) is 5.10 Å². The molecule has 0 heterocycles. The van der Waals surface area contributed by atoms with Gasteiger partial charge in [0.05, 0.1) is 25.3 Å². The van der Waals surface area contributed by atoms with Crippen molar-refractivity contribution in [3.8, 4) is 11.5 Å². The molecule has 0 aliphatic carbocycles. The van der Waals surface area contributed by atoms with Gasteiger partial charge >= 0.3 is 5.97 Å². The maximum Gasteiger partial charge on any atom is 0.335 e. The number of carboxylic acids is 1. The van der Waals surface area contributed by atoms with Crippen LogP contribution in [-0.2, 0) is 17.8 Å². The molecule has 2 N–H and O–H groups in total. The zero-order valence-electron chi connectivity index (χ0n) is 19.1. The number of nitrogens with zero attached hydrogens (tertiary/aromatic N) is 1. The Bertz CT molecular complexity index is 1390. The highest BCUT2D eigenvalue weighted by atomic mass is 16.5. The van der Waals surface area contributed by atoms with E-state index >= 15 is 0 Å². The van der Waals surface area contributed by atoms with E-state index in [2.05, 4.69) is 10.5 Å². The smallest absolute Gasteiger partial charge is 0.335 e. The fourth-order valence-corrected chi connectivity index (χ4v) is 3.68. The van der Waals surface area contributed by atoms with Crippen LogP contribution in [-0.4, -0.2) is 30.3 Å². The van der Waals surface area contributed by atoms with Gasteiger partial charge in [0.2, 0.25) is 5.91 Å². The third kappa shape index (κ3) is 6.03. The van der Waals surface area contributed by atoms with Crippen LogP contribution in [0.4, 0.5) is 0 Å². The molecule has 1 amide bonds. The Hall–Kier alpha value is -4.65. The van der Waals surface area contributed by atoms with Crippen LogP contribution in [0.15, 0.2) is 90.0 Å². The van der Waals surface area contributed by atoms with Crippen LogP contribution in [0, 0.1) is 0 Å². The van der Waals surface area contributed by atoms with Crippen molar-refractivity contribution in [1.82, 2.24) is 5.43 Å². The molecule has 0 aromatic heterocycles. The van der Waals surface area contributed by atoms with E-state index in [1.165, 1.54) is 19.4 Å². The standard InChI is InChI=1S/C28H24N2O5/c1-34-26-15-19(12-13-25(26)35-18-20-6-4-10-23(14-20)28(32)33)17-29-30-27(31)16-22-9-5-8-21-7-2-3-11-24(21)22/h2-15,17H,16,18H2,1H3,(H,30,31)(H,32,33)/b29-17-. The Morgan fingerprint density at radius 1 is 0.943 bits per heavy atom. The monoisotopic (exact) mass is 468 g/mol. The van der Waals surface area contributed by atoms with Crippen molar-refractivity contribution in [2.45, 2.75) is 13.0 Å². The van der Waals surface area contributed by atoms with Crippen molar-refractivity contribution in [2.75, 3.05) is 7.11 Å². The molecule has 7 heteroatoms. The maximum absolute atomic E-state index is 12.4. The number of hydrogen-bond donors (Lipinski definition) is 2. The second kappa shape index (κ2) is 11.0. The Morgan fingerprint density at radius 3 is 2.57 bits per heavy atom. The van der Waals surface area contributed by atoms with Crippen molar-refractivity contribution < 1.29 is 24.2 Å². The lowest BCUT2D eigenvalue weighted by molar-refractivity contribution is -0.120. The lowest BCUT2D eigenvalue weighted by Gasteiger charge is -2.11. The molecule has 0 radical (unpaired) electrons. The number of rotatable bonds is 9. The van der Waals surface area contributed by atoms with E-state index in [9.17, 15) is 9.59 Å². The second-order valence-corrected chi connectivity index (χ2v) is 7.81. The van der Waals surface area contributed by atoms with Gasteiger partial charge in [-0.3, -0.25) is 4.79 Å². The number of methoxy groups -OCH3 is 1. The van der Waals surface area contributed by atoms with Crippen LogP contribution in [0.25, 0.3) is 10.8 Å². The van der Waals surface area contributed by atoms with Crippen LogP contribution in [0.3, 0.4) is 0 Å². The number of carboxylic acid groups (broad SMARTS) is 1. The van der Waals surface area contributed by atoms with E-state index in [4.69, 9.17) is 14.6 Å².